The van der Waals surface area contributed by atoms with Gasteiger partial charge in [0.2, 0.25) is 0 Å². The first kappa shape index (κ1) is 12.7. The molecule has 1 aromatic carbocycles. The highest BCUT2D eigenvalue weighted by Gasteiger charge is 2.18. The molecule has 1 aliphatic heterocycles. The molecule has 0 spiro atoms. The van der Waals surface area contributed by atoms with Gasteiger partial charge in [-0.1, -0.05) is 37.3 Å². The molecule has 1 heterocycles. The second-order valence-electron chi connectivity index (χ2n) is 4.62. The van der Waals surface area contributed by atoms with Crippen molar-refractivity contribution in [2.24, 2.45) is 0 Å². The van der Waals surface area contributed by atoms with Crippen molar-refractivity contribution in [1.29, 1.82) is 0 Å². The molecular weight excluding hydrogens is 230 g/mol. The third-order valence-electron chi connectivity index (χ3n) is 2.97. The van der Waals surface area contributed by atoms with Crippen LogP contribution in [0.25, 0.3) is 0 Å². The molecule has 92 valence electrons. The lowest BCUT2D eigenvalue weighted by molar-refractivity contribution is -0.119. The van der Waals surface area contributed by atoms with Gasteiger partial charge in [-0.15, -0.1) is 0 Å². The van der Waals surface area contributed by atoms with Crippen molar-refractivity contribution in [3.05, 3.63) is 35.9 Å². The quantitative estimate of drug-likeness (QED) is 0.816. The van der Waals surface area contributed by atoms with E-state index in [-0.39, 0.29) is 0 Å². The Morgan fingerprint density at radius 3 is 2.88 bits per heavy atom. The van der Waals surface area contributed by atoms with E-state index in [0.717, 1.165) is 24.4 Å². The average Bonchev–Trinajstić information content (AvgIpc) is 2.30. The van der Waals surface area contributed by atoms with E-state index < -0.39 is 0 Å². The first-order valence-corrected chi connectivity index (χ1v) is 7.18. The summed E-state index contributed by atoms with van der Waals surface area (Å²) in [6.07, 6.45) is 0.568. The zero-order valence-electron chi connectivity index (χ0n) is 10.3. The minimum Gasteiger partial charge on any atom is -0.298 e. The van der Waals surface area contributed by atoms with Crippen LogP contribution >= 0.6 is 11.8 Å². The van der Waals surface area contributed by atoms with Gasteiger partial charge in [0.15, 0.2) is 5.78 Å². The molecule has 1 atom stereocenters. The summed E-state index contributed by atoms with van der Waals surface area (Å²) in [5.74, 6) is 1.48. The molecule has 0 N–H and O–H groups in total. The largest absolute Gasteiger partial charge is 0.298 e. The Hall–Kier alpha value is -0.800. The van der Waals surface area contributed by atoms with Crippen LogP contribution in [-0.2, 0) is 11.2 Å². The maximum atomic E-state index is 11.9. The van der Waals surface area contributed by atoms with E-state index in [1.165, 1.54) is 0 Å². The molecule has 0 bridgehead atoms. The summed E-state index contributed by atoms with van der Waals surface area (Å²) in [4.78, 5) is 14.2. The molecule has 0 aromatic heterocycles. The van der Waals surface area contributed by atoms with E-state index in [2.05, 4.69) is 11.8 Å². The standard InChI is InChI=1S/C14H19NOS/c1-12-10-15(7-8-17-12)11-14(16)9-13-5-3-2-4-6-13/h2-6,12H,7-11H2,1H3. The van der Waals surface area contributed by atoms with Gasteiger partial charge in [-0.25, -0.2) is 0 Å². The Bertz CT molecular complexity index is 366. The topological polar surface area (TPSA) is 20.3 Å². The van der Waals surface area contributed by atoms with Crippen LogP contribution in [0, 0.1) is 0 Å². The van der Waals surface area contributed by atoms with Gasteiger partial charge in [0.1, 0.15) is 0 Å². The molecule has 1 aliphatic rings. The molecule has 3 heteroatoms. The summed E-state index contributed by atoms with van der Waals surface area (Å²) in [6, 6.07) is 10.0. The van der Waals surface area contributed by atoms with Crippen molar-refractivity contribution in [3.8, 4) is 0 Å². The fraction of sp³-hybridized carbons (Fsp3) is 0.500. The van der Waals surface area contributed by atoms with Gasteiger partial charge in [0, 0.05) is 30.5 Å². The van der Waals surface area contributed by atoms with Gasteiger partial charge in [-0.3, -0.25) is 9.69 Å². The summed E-state index contributed by atoms with van der Waals surface area (Å²) >= 11 is 2.00. The van der Waals surface area contributed by atoms with Gasteiger partial charge >= 0.3 is 0 Å². The SMILES string of the molecule is CC1CN(CC(=O)Cc2ccccc2)CCS1. The maximum Gasteiger partial charge on any atom is 0.151 e. The molecule has 2 nitrogen and oxygen atoms in total. The van der Waals surface area contributed by atoms with Crippen LogP contribution in [0.5, 0.6) is 0 Å². The normalized spacial score (nSPS) is 21.4. The monoisotopic (exact) mass is 249 g/mol. The van der Waals surface area contributed by atoms with Crippen LogP contribution in [0.4, 0.5) is 0 Å². The highest BCUT2D eigenvalue weighted by molar-refractivity contribution is 7.99. The molecule has 0 aliphatic carbocycles. The molecule has 17 heavy (non-hydrogen) atoms. The number of thioether (sulfide) groups is 1. The van der Waals surface area contributed by atoms with Crippen molar-refractivity contribution in [3.63, 3.8) is 0 Å². The summed E-state index contributed by atoms with van der Waals surface area (Å²) in [5.41, 5.74) is 1.12. The summed E-state index contributed by atoms with van der Waals surface area (Å²) in [6.45, 7) is 4.94. The summed E-state index contributed by atoms with van der Waals surface area (Å²) in [5, 5.41) is 0.660. The van der Waals surface area contributed by atoms with Gasteiger partial charge in [0.25, 0.3) is 0 Å². The van der Waals surface area contributed by atoms with Crippen LogP contribution in [0.15, 0.2) is 30.3 Å². The van der Waals surface area contributed by atoms with Gasteiger partial charge in [0.05, 0.1) is 6.54 Å². The van der Waals surface area contributed by atoms with E-state index in [1.54, 1.807) is 0 Å². The number of hydrogen-bond acceptors (Lipinski definition) is 3. The minimum atomic E-state index is 0.329. The molecule has 1 aromatic rings. The molecular formula is C14H19NOS. The Balaban J connectivity index is 1.81. The average molecular weight is 249 g/mol. The predicted molar refractivity (Wildman–Crippen MR) is 73.5 cm³/mol. The maximum absolute atomic E-state index is 11.9. The van der Waals surface area contributed by atoms with E-state index in [1.807, 2.05) is 42.1 Å². The number of hydrogen-bond donors (Lipinski definition) is 0. The molecule has 0 amide bonds. The first-order valence-electron chi connectivity index (χ1n) is 6.13. The molecule has 0 radical (unpaired) electrons. The van der Waals surface area contributed by atoms with Gasteiger partial charge < -0.3 is 0 Å². The lowest BCUT2D eigenvalue weighted by Crippen LogP contribution is -2.40. The summed E-state index contributed by atoms with van der Waals surface area (Å²) < 4.78 is 0. The van der Waals surface area contributed by atoms with Crippen molar-refractivity contribution in [2.75, 3.05) is 25.4 Å². The smallest absolute Gasteiger partial charge is 0.151 e. The molecule has 0 saturated carbocycles. The number of Topliss-reactive ketones (excluding diaryl/α,β-unsaturated/α-hetero) is 1. The number of benzene rings is 1. The van der Waals surface area contributed by atoms with Crippen molar-refractivity contribution >= 4 is 17.5 Å². The minimum absolute atomic E-state index is 0.329. The number of ketones is 1. The lowest BCUT2D eigenvalue weighted by Gasteiger charge is -2.29. The van der Waals surface area contributed by atoms with Crippen LogP contribution < -0.4 is 0 Å². The molecule has 1 fully saturated rings. The number of carbonyl (C=O) groups excluding carboxylic acids is 1. The molecule has 1 unspecified atom stereocenters. The van der Waals surface area contributed by atoms with E-state index in [9.17, 15) is 4.79 Å². The van der Waals surface area contributed by atoms with Crippen LogP contribution in [0.3, 0.4) is 0 Å². The Labute approximate surface area is 107 Å². The van der Waals surface area contributed by atoms with Crippen LogP contribution in [0.2, 0.25) is 0 Å². The number of nitrogens with zero attached hydrogens (tertiary/aromatic N) is 1. The fourth-order valence-electron chi connectivity index (χ4n) is 2.16. The molecule has 1 saturated heterocycles. The van der Waals surface area contributed by atoms with Crippen molar-refractivity contribution in [2.45, 2.75) is 18.6 Å². The zero-order chi connectivity index (χ0) is 12.1. The number of carbonyl (C=O) groups is 1. The van der Waals surface area contributed by atoms with E-state index in [0.29, 0.717) is 24.0 Å². The third-order valence-corrected chi connectivity index (χ3v) is 4.11. The first-order chi connectivity index (χ1) is 8.24. The van der Waals surface area contributed by atoms with Crippen molar-refractivity contribution in [1.82, 2.24) is 4.90 Å². The highest BCUT2D eigenvalue weighted by atomic mass is 32.2. The van der Waals surface area contributed by atoms with Crippen LogP contribution in [0.1, 0.15) is 12.5 Å². The lowest BCUT2D eigenvalue weighted by atomic mass is 10.1. The third kappa shape index (κ3) is 4.17. The van der Waals surface area contributed by atoms with E-state index in [4.69, 9.17) is 0 Å². The Morgan fingerprint density at radius 2 is 2.18 bits per heavy atom. The predicted octanol–water partition coefficient (Wildman–Crippen LogP) is 2.24. The second kappa shape index (κ2) is 6.22. The number of rotatable bonds is 4. The van der Waals surface area contributed by atoms with E-state index >= 15 is 0 Å². The highest BCUT2D eigenvalue weighted by Crippen LogP contribution is 2.17. The van der Waals surface area contributed by atoms with Gasteiger partial charge in [-0.2, -0.15) is 11.8 Å². The van der Waals surface area contributed by atoms with Gasteiger partial charge in [-0.05, 0) is 5.56 Å². The molecule has 2 rings (SSSR count). The zero-order valence-corrected chi connectivity index (χ0v) is 11.1. The Morgan fingerprint density at radius 1 is 1.41 bits per heavy atom. The summed E-state index contributed by atoms with van der Waals surface area (Å²) in [7, 11) is 0. The van der Waals surface area contributed by atoms with Crippen molar-refractivity contribution < 1.29 is 4.79 Å². The second-order valence-corrected chi connectivity index (χ2v) is 6.16. The fourth-order valence-corrected chi connectivity index (χ4v) is 3.25. The van der Waals surface area contributed by atoms with Crippen LogP contribution in [-0.4, -0.2) is 41.3 Å². The Kier molecular flexibility index (Phi) is 4.63.